The highest BCUT2D eigenvalue weighted by Gasteiger charge is 2.32. The van der Waals surface area contributed by atoms with Crippen LogP contribution in [0.1, 0.15) is 49.9 Å². The van der Waals surface area contributed by atoms with Crippen molar-refractivity contribution in [1.29, 1.82) is 0 Å². The van der Waals surface area contributed by atoms with Gasteiger partial charge < -0.3 is 9.64 Å². The van der Waals surface area contributed by atoms with E-state index in [0.717, 1.165) is 25.8 Å². The van der Waals surface area contributed by atoms with E-state index >= 15 is 0 Å². The van der Waals surface area contributed by atoms with Crippen molar-refractivity contribution >= 4 is 5.91 Å². The van der Waals surface area contributed by atoms with Crippen molar-refractivity contribution in [3.05, 3.63) is 23.9 Å². The molecule has 1 aliphatic rings. The van der Waals surface area contributed by atoms with Crippen LogP contribution in [0, 0.1) is 5.92 Å². The molecule has 0 aliphatic carbocycles. The van der Waals surface area contributed by atoms with Gasteiger partial charge in [0.15, 0.2) is 0 Å². The number of pyridine rings is 1. The topological polar surface area (TPSA) is 42.4 Å². The lowest BCUT2D eigenvalue weighted by atomic mass is 9.87. The largest absolute Gasteiger partial charge is 0.480 e. The third-order valence-corrected chi connectivity index (χ3v) is 4.16. The summed E-state index contributed by atoms with van der Waals surface area (Å²) in [5.41, 5.74) is 0.574. The van der Waals surface area contributed by atoms with Gasteiger partial charge in [-0.05, 0) is 37.3 Å². The minimum atomic E-state index is 0.0555. The highest BCUT2D eigenvalue weighted by Crippen LogP contribution is 2.29. The maximum atomic E-state index is 12.8. The molecule has 2 heterocycles. The number of aromatic nitrogens is 1. The van der Waals surface area contributed by atoms with Crippen LogP contribution in [0.2, 0.25) is 0 Å². The minimum Gasteiger partial charge on any atom is -0.480 e. The molecule has 0 radical (unpaired) electrons. The third-order valence-electron chi connectivity index (χ3n) is 4.16. The van der Waals surface area contributed by atoms with Gasteiger partial charge in [-0.2, -0.15) is 0 Å². The Morgan fingerprint density at radius 3 is 3.05 bits per heavy atom. The molecule has 0 aromatic carbocycles. The number of rotatable bonds is 4. The lowest BCUT2D eigenvalue weighted by molar-refractivity contribution is 0.0493. The van der Waals surface area contributed by atoms with Gasteiger partial charge in [0.1, 0.15) is 5.56 Å². The maximum absolute atomic E-state index is 12.8. The van der Waals surface area contributed by atoms with E-state index in [2.05, 4.69) is 18.8 Å². The van der Waals surface area contributed by atoms with Crippen molar-refractivity contribution in [1.82, 2.24) is 9.88 Å². The highest BCUT2D eigenvalue weighted by molar-refractivity contribution is 5.96. The minimum absolute atomic E-state index is 0.0555. The second-order valence-electron chi connectivity index (χ2n) is 5.53. The first-order chi connectivity index (χ1) is 9.69. The number of carbonyl (C=O) groups is 1. The van der Waals surface area contributed by atoms with Crippen molar-refractivity contribution in [2.45, 2.75) is 45.6 Å². The Bertz CT molecular complexity index is 462. The fraction of sp³-hybridized carbons (Fsp3) is 0.625. The molecule has 1 aliphatic heterocycles. The summed E-state index contributed by atoms with van der Waals surface area (Å²) < 4.78 is 5.22. The summed E-state index contributed by atoms with van der Waals surface area (Å²) in [5.74, 6) is 1.04. The van der Waals surface area contributed by atoms with Gasteiger partial charge in [0.2, 0.25) is 5.88 Å². The molecule has 4 heteroatoms. The van der Waals surface area contributed by atoms with Crippen molar-refractivity contribution in [2.24, 2.45) is 5.92 Å². The second kappa shape index (κ2) is 6.73. The average Bonchev–Trinajstić information content (AvgIpc) is 2.48. The van der Waals surface area contributed by atoms with Crippen molar-refractivity contribution < 1.29 is 9.53 Å². The summed E-state index contributed by atoms with van der Waals surface area (Å²) in [5, 5.41) is 0. The van der Waals surface area contributed by atoms with Crippen LogP contribution in [0.3, 0.4) is 0 Å². The van der Waals surface area contributed by atoms with Crippen LogP contribution in [0.15, 0.2) is 18.3 Å². The third kappa shape index (κ3) is 2.94. The number of nitrogens with zero attached hydrogens (tertiary/aromatic N) is 2. The fourth-order valence-electron chi connectivity index (χ4n) is 3.11. The lowest BCUT2D eigenvalue weighted by Gasteiger charge is -2.40. The SMILES string of the molecule is CCC[C@H]1[C@@H](C)CCCN1C(=O)c1cccnc1OC. The molecule has 2 atom stereocenters. The van der Waals surface area contributed by atoms with Crippen LogP contribution < -0.4 is 4.74 Å². The van der Waals surface area contributed by atoms with E-state index in [1.54, 1.807) is 25.4 Å². The zero-order chi connectivity index (χ0) is 14.5. The first-order valence-corrected chi connectivity index (χ1v) is 7.49. The van der Waals surface area contributed by atoms with Gasteiger partial charge >= 0.3 is 0 Å². The van der Waals surface area contributed by atoms with E-state index < -0.39 is 0 Å². The summed E-state index contributed by atoms with van der Waals surface area (Å²) >= 11 is 0. The van der Waals surface area contributed by atoms with Crippen molar-refractivity contribution in [2.75, 3.05) is 13.7 Å². The normalized spacial score (nSPS) is 22.6. The number of likely N-dealkylation sites (tertiary alicyclic amines) is 1. The molecular weight excluding hydrogens is 252 g/mol. The number of hydrogen-bond donors (Lipinski definition) is 0. The van der Waals surface area contributed by atoms with E-state index in [0.29, 0.717) is 23.4 Å². The summed E-state index contributed by atoms with van der Waals surface area (Å²) in [4.78, 5) is 19.0. The van der Waals surface area contributed by atoms with Crippen LogP contribution in [0.25, 0.3) is 0 Å². The molecule has 2 rings (SSSR count). The van der Waals surface area contributed by atoms with Crippen LogP contribution in [0.5, 0.6) is 5.88 Å². The maximum Gasteiger partial charge on any atom is 0.259 e. The first-order valence-electron chi connectivity index (χ1n) is 7.49. The molecular formula is C16H24N2O2. The van der Waals surface area contributed by atoms with Crippen LogP contribution in [-0.2, 0) is 0 Å². The molecule has 1 saturated heterocycles. The molecule has 1 fully saturated rings. The van der Waals surface area contributed by atoms with Gasteiger partial charge in [0.25, 0.3) is 5.91 Å². The number of ether oxygens (including phenoxy) is 1. The number of hydrogen-bond acceptors (Lipinski definition) is 3. The summed E-state index contributed by atoms with van der Waals surface area (Å²) in [6.45, 7) is 5.26. The van der Waals surface area contributed by atoms with E-state index in [1.807, 2.05) is 4.90 Å². The Morgan fingerprint density at radius 1 is 1.55 bits per heavy atom. The Morgan fingerprint density at radius 2 is 2.35 bits per heavy atom. The van der Waals surface area contributed by atoms with Crippen LogP contribution in [0.4, 0.5) is 0 Å². The van der Waals surface area contributed by atoms with Gasteiger partial charge in [0, 0.05) is 18.8 Å². The van der Waals surface area contributed by atoms with Crippen molar-refractivity contribution in [3.8, 4) is 5.88 Å². The highest BCUT2D eigenvalue weighted by atomic mass is 16.5. The zero-order valence-corrected chi connectivity index (χ0v) is 12.6. The van der Waals surface area contributed by atoms with Gasteiger partial charge in [-0.3, -0.25) is 4.79 Å². The van der Waals surface area contributed by atoms with E-state index in [-0.39, 0.29) is 5.91 Å². The van der Waals surface area contributed by atoms with E-state index in [1.165, 1.54) is 6.42 Å². The smallest absolute Gasteiger partial charge is 0.259 e. The molecule has 1 aromatic rings. The van der Waals surface area contributed by atoms with Crippen LogP contribution >= 0.6 is 0 Å². The van der Waals surface area contributed by atoms with Gasteiger partial charge in [-0.25, -0.2) is 4.98 Å². The number of methoxy groups -OCH3 is 1. The van der Waals surface area contributed by atoms with Crippen molar-refractivity contribution in [3.63, 3.8) is 0 Å². The molecule has 0 saturated carbocycles. The Kier molecular flexibility index (Phi) is 4.99. The average molecular weight is 276 g/mol. The summed E-state index contributed by atoms with van der Waals surface area (Å²) in [6, 6.07) is 3.93. The van der Waals surface area contributed by atoms with E-state index in [4.69, 9.17) is 4.74 Å². The summed E-state index contributed by atoms with van der Waals surface area (Å²) in [7, 11) is 1.56. The predicted molar refractivity (Wildman–Crippen MR) is 78.9 cm³/mol. The molecule has 1 aromatic heterocycles. The second-order valence-corrected chi connectivity index (χ2v) is 5.53. The Labute approximate surface area is 121 Å². The van der Waals surface area contributed by atoms with E-state index in [9.17, 15) is 4.79 Å². The number of carbonyl (C=O) groups excluding carboxylic acids is 1. The molecule has 0 N–H and O–H groups in total. The standard InChI is InChI=1S/C16H24N2O2/c1-4-7-14-12(2)8-6-11-18(14)16(19)13-9-5-10-17-15(13)20-3/h5,9-10,12,14H,4,6-8,11H2,1-3H3/t12-,14-/m0/s1. The zero-order valence-electron chi connectivity index (χ0n) is 12.6. The molecule has 110 valence electrons. The first kappa shape index (κ1) is 14.8. The van der Waals surface area contributed by atoms with Gasteiger partial charge in [-0.15, -0.1) is 0 Å². The molecule has 0 bridgehead atoms. The number of piperidine rings is 1. The Balaban J connectivity index is 2.25. The predicted octanol–water partition coefficient (Wildman–Crippen LogP) is 3.13. The summed E-state index contributed by atoms with van der Waals surface area (Å²) in [6.07, 6.45) is 6.10. The lowest BCUT2D eigenvalue weighted by Crippen LogP contribution is -2.47. The molecule has 0 spiro atoms. The quantitative estimate of drug-likeness (QED) is 0.848. The van der Waals surface area contributed by atoms with Gasteiger partial charge in [0.05, 0.1) is 7.11 Å². The Hall–Kier alpha value is -1.58. The molecule has 1 amide bonds. The fourth-order valence-corrected chi connectivity index (χ4v) is 3.11. The van der Waals surface area contributed by atoms with Crippen LogP contribution in [-0.4, -0.2) is 35.5 Å². The number of amides is 1. The van der Waals surface area contributed by atoms with Gasteiger partial charge in [-0.1, -0.05) is 20.3 Å². The molecule has 0 unspecified atom stereocenters. The molecule has 20 heavy (non-hydrogen) atoms. The molecule has 4 nitrogen and oxygen atoms in total. The monoisotopic (exact) mass is 276 g/mol.